The molecule has 6 heteroatoms. The summed E-state index contributed by atoms with van der Waals surface area (Å²) in [5, 5.41) is 0.670. The molecule has 130 valence electrons. The fourth-order valence-corrected chi connectivity index (χ4v) is 3.84. The van der Waals surface area contributed by atoms with Crippen molar-refractivity contribution in [2.24, 2.45) is 0 Å². The summed E-state index contributed by atoms with van der Waals surface area (Å²) < 4.78 is 16.0. The van der Waals surface area contributed by atoms with E-state index in [1.54, 1.807) is 18.2 Å². The molecule has 4 rings (SSSR count). The highest BCUT2D eigenvalue weighted by molar-refractivity contribution is 8.18. The number of amides is 2. The largest absolute Gasteiger partial charge is 0.342 e. The highest BCUT2D eigenvalue weighted by Gasteiger charge is 2.32. The number of para-hydroxylation sites is 1. The van der Waals surface area contributed by atoms with Crippen molar-refractivity contribution in [1.29, 1.82) is 0 Å². The zero-order chi connectivity index (χ0) is 18.3. The van der Waals surface area contributed by atoms with E-state index in [-0.39, 0.29) is 17.0 Å². The van der Waals surface area contributed by atoms with Crippen molar-refractivity contribution in [1.82, 2.24) is 9.47 Å². The van der Waals surface area contributed by atoms with Crippen molar-refractivity contribution in [2.75, 3.05) is 7.05 Å². The van der Waals surface area contributed by atoms with Gasteiger partial charge in [0.05, 0.1) is 11.4 Å². The molecule has 1 aliphatic rings. The number of fused-ring (bicyclic) bond motifs is 1. The van der Waals surface area contributed by atoms with Crippen LogP contribution in [0.1, 0.15) is 11.1 Å². The lowest BCUT2D eigenvalue weighted by molar-refractivity contribution is -0.121. The first-order valence-corrected chi connectivity index (χ1v) is 8.89. The fourth-order valence-electron chi connectivity index (χ4n) is 3.02. The van der Waals surface area contributed by atoms with E-state index in [0.29, 0.717) is 17.0 Å². The van der Waals surface area contributed by atoms with Crippen LogP contribution in [0.3, 0.4) is 0 Å². The Labute approximate surface area is 153 Å². The molecular formula is C20H15FN2O2S. The van der Waals surface area contributed by atoms with Crippen molar-refractivity contribution < 1.29 is 14.0 Å². The third-order valence-electron chi connectivity index (χ3n) is 4.39. The summed E-state index contributed by atoms with van der Waals surface area (Å²) in [6, 6.07) is 14.4. The molecule has 0 aliphatic carbocycles. The summed E-state index contributed by atoms with van der Waals surface area (Å²) in [5.74, 6) is -0.551. The Bertz CT molecular complexity index is 1070. The minimum Gasteiger partial charge on any atom is -0.342 e. The first kappa shape index (κ1) is 16.6. The third-order valence-corrected chi connectivity index (χ3v) is 5.35. The lowest BCUT2D eigenvalue weighted by Gasteiger charge is -2.06. The third kappa shape index (κ3) is 2.82. The van der Waals surface area contributed by atoms with Crippen LogP contribution >= 0.6 is 11.8 Å². The van der Waals surface area contributed by atoms with Crippen molar-refractivity contribution >= 4 is 39.9 Å². The van der Waals surface area contributed by atoms with Crippen molar-refractivity contribution in [3.8, 4) is 0 Å². The monoisotopic (exact) mass is 366 g/mol. The van der Waals surface area contributed by atoms with Gasteiger partial charge in [-0.15, -0.1) is 0 Å². The number of carbonyl (C=O) groups is 2. The number of benzene rings is 2. The molecule has 2 amide bonds. The summed E-state index contributed by atoms with van der Waals surface area (Å²) in [6.07, 6.45) is 3.62. The summed E-state index contributed by atoms with van der Waals surface area (Å²) in [4.78, 5) is 25.4. The number of carbonyl (C=O) groups excluding carboxylic acids is 2. The molecule has 1 aliphatic heterocycles. The minimum absolute atomic E-state index is 0.251. The highest BCUT2D eigenvalue weighted by atomic mass is 32.2. The summed E-state index contributed by atoms with van der Waals surface area (Å²) in [6.45, 7) is 0.385. The van der Waals surface area contributed by atoms with E-state index in [9.17, 15) is 14.0 Å². The molecule has 0 radical (unpaired) electrons. The number of rotatable bonds is 3. The minimum atomic E-state index is -0.300. The van der Waals surface area contributed by atoms with E-state index >= 15 is 0 Å². The number of halogens is 1. The number of thioether (sulfide) groups is 1. The summed E-state index contributed by atoms with van der Waals surface area (Å²) >= 11 is 0.930. The Morgan fingerprint density at radius 2 is 1.81 bits per heavy atom. The Morgan fingerprint density at radius 1 is 1.08 bits per heavy atom. The predicted molar refractivity (Wildman–Crippen MR) is 101 cm³/mol. The zero-order valence-electron chi connectivity index (χ0n) is 14.0. The molecule has 0 spiro atoms. The molecule has 0 N–H and O–H groups in total. The van der Waals surface area contributed by atoms with E-state index in [2.05, 4.69) is 0 Å². The number of nitrogens with zero attached hydrogens (tertiary/aromatic N) is 2. The van der Waals surface area contributed by atoms with E-state index in [0.717, 1.165) is 33.1 Å². The lowest BCUT2D eigenvalue weighted by atomic mass is 10.1. The lowest BCUT2D eigenvalue weighted by Crippen LogP contribution is -2.22. The molecule has 2 heterocycles. The topological polar surface area (TPSA) is 42.3 Å². The molecular weight excluding hydrogens is 351 g/mol. The standard InChI is InChI=1S/C20H15FN2O2S/c1-22-19(24)18(26-20(22)25)10-14-12-23(17-9-5-3-7-15(14)17)11-13-6-2-4-8-16(13)21/h2-10,12H,11H2,1H3/b18-10-. The van der Waals surface area contributed by atoms with Crippen LogP contribution in [0.25, 0.3) is 17.0 Å². The van der Waals surface area contributed by atoms with Gasteiger partial charge in [0.1, 0.15) is 5.82 Å². The van der Waals surface area contributed by atoms with Crippen molar-refractivity contribution in [2.45, 2.75) is 6.54 Å². The van der Waals surface area contributed by atoms with Crippen LogP contribution in [0.2, 0.25) is 0 Å². The van der Waals surface area contributed by atoms with Gasteiger partial charge in [-0.25, -0.2) is 4.39 Å². The maximum atomic E-state index is 14.0. The second kappa shape index (κ2) is 6.46. The maximum absolute atomic E-state index is 14.0. The molecule has 3 aromatic rings. The molecule has 0 unspecified atom stereocenters. The van der Waals surface area contributed by atoms with Crippen LogP contribution < -0.4 is 0 Å². The van der Waals surface area contributed by atoms with Gasteiger partial charge in [0.2, 0.25) is 0 Å². The Hall–Kier alpha value is -2.86. The number of hydrogen-bond donors (Lipinski definition) is 0. The molecule has 1 saturated heterocycles. The molecule has 4 nitrogen and oxygen atoms in total. The van der Waals surface area contributed by atoms with Gasteiger partial charge in [0, 0.05) is 35.3 Å². The zero-order valence-corrected chi connectivity index (χ0v) is 14.8. The Kier molecular flexibility index (Phi) is 4.12. The Morgan fingerprint density at radius 3 is 2.54 bits per heavy atom. The quantitative estimate of drug-likeness (QED) is 0.641. The van der Waals surface area contributed by atoms with E-state index in [1.807, 2.05) is 41.1 Å². The molecule has 2 aromatic carbocycles. The predicted octanol–water partition coefficient (Wildman–Crippen LogP) is 4.49. The first-order valence-electron chi connectivity index (χ1n) is 8.07. The van der Waals surface area contributed by atoms with Crippen LogP contribution in [0.5, 0.6) is 0 Å². The van der Waals surface area contributed by atoms with E-state index < -0.39 is 0 Å². The Balaban J connectivity index is 1.79. The van der Waals surface area contributed by atoms with Gasteiger partial charge in [0.25, 0.3) is 11.1 Å². The summed E-state index contributed by atoms with van der Waals surface area (Å²) in [7, 11) is 1.47. The van der Waals surface area contributed by atoms with Crippen LogP contribution in [-0.2, 0) is 11.3 Å². The molecule has 1 aromatic heterocycles. The van der Waals surface area contributed by atoms with Gasteiger partial charge in [-0.2, -0.15) is 0 Å². The highest BCUT2D eigenvalue weighted by Crippen LogP contribution is 2.33. The van der Waals surface area contributed by atoms with Crippen molar-refractivity contribution in [3.05, 3.63) is 76.6 Å². The summed E-state index contributed by atoms with van der Waals surface area (Å²) in [5.41, 5.74) is 2.36. The van der Waals surface area contributed by atoms with Crippen LogP contribution in [0.4, 0.5) is 9.18 Å². The average Bonchev–Trinajstić information content (AvgIpc) is 3.10. The normalized spacial score (nSPS) is 16.2. The van der Waals surface area contributed by atoms with Gasteiger partial charge in [0.15, 0.2) is 0 Å². The molecule has 0 bridgehead atoms. The van der Waals surface area contributed by atoms with Gasteiger partial charge in [-0.05, 0) is 30.0 Å². The second-order valence-electron chi connectivity index (χ2n) is 6.06. The molecule has 26 heavy (non-hydrogen) atoms. The van der Waals surface area contributed by atoms with Crippen LogP contribution in [-0.4, -0.2) is 27.7 Å². The fraction of sp³-hybridized carbons (Fsp3) is 0.100. The first-order chi connectivity index (χ1) is 12.5. The van der Waals surface area contributed by atoms with Crippen LogP contribution in [0, 0.1) is 5.82 Å². The van der Waals surface area contributed by atoms with Gasteiger partial charge in [-0.3, -0.25) is 14.5 Å². The van der Waals surface area contributed by atoms with E-state index in [1.165, 1.54) is 13.1 Å². The van der Waals surface area contributed by atoms with Gasteiger partial charge < -0.3 is 4.57 Å². The molecule has 0 atom stereocenters. The number of hydrogen-bond acceptors (Lipinski definition) is 3. The molecule has 1 fully saturated rings. The SMILES string of the molecule is CN1C(=O)S/C(=C\c2cn(Cc3ccccc3F)c3ccccc23)C1=O. The van der Waals surface area contributed by atoms with E-state index in [4.69, 9.17) is 0 Å². The van der Waals surface area contributed by atoms with Crippen molar-refractivity contribution in [3.63, 3.8) is 0 Å². The number of likely N-dealkylation sites (N-methyl/N-ethyl adjacent to an activating group) is 1. The maximum Gasteiger partial charge on any atom is 0.293 e. The number of imide groups is 1. The molecule has 0 saturated carbocycles. The van der Waals surface area contributed by atoms with Crippen LogP contribution in [0.15, 0.2) is 59.6 Å². The smallest absolute Gasteiger partial charge is 0.293 e. The number of aromatic nitrogens is 1. The second-order valence-corrected chi connectivity index (χ2v) is 7.05. The van der Waals surface area contributed by atoms with Gasteiger partial charge >= 0.3 is 0 Å². The average molecular weight is 366 g/mol. The van der Waals surface area contributed by atoms with Gasteiger partial charge in [-0.1, -0.05) is 36.4 Å².